The standard InChI is InChI=1S/C15H15BrFNO2/c1-9(2)19-12-5-10(18)6-13(7-12)20-11-3-4-15(17)14(16)8-11/h3-9H,18H2,1-2H3. The molecule has 0 bridgehead atoms. The van der Waals surface area contributed by atoms with Gasteiger partial charge in [0.05, 0.1) is 10.6 Å². The van der Waals surface area contributed by atoms with Gasteiger partial charge >= 0.3 is 0 Å². The minimum atomic E-state index is -0.339. The molecule has 0 atom stereocenters. The second-order valence-electron chi connectivity index (χ2n) is 4.58. The summed E-state index contributed by atoms with van der Waals surface area (Å²) in [4.78, 5) is 0. The number of ether oxygens (including phenoxy) is 2. The Hall–Kier alpha value is -1.75. The highest BCUT2D eigenvalue weighted by molar-refractivity contribution is 9.10. The van der Waals surface area contributed by atoms with Crippen LogP contribution in [0.4, 0.5) is 10.1 Å². The van der Waals surface area contributed by atoms with Gasteiger partial charge in [-0.05, 0) is 48.0 Å². The second-order valence-corrected chi connectivity index (χ2v) is 5.44. The van der Waals surface area contributed by atoms with Gasteiger partial charge in [0.15, 0.2) is 0 Å². The number of nitrogens with two attached hydrogens (primary N) is 1. The van der Waals surface area contributed by atoms with Crippen LogP contribution < -0.4 is 15.2 Å². The van der Waals surface area contributed by atoms with Crippen LogP contribution in [0.1, 0.15) is 13.8 Å². The smallest absolute Gasteiger partial charge is 0.137 e. The van der Waals surface area contributed by atoms with E-state index in [0.29, 0.717) is 27.4 Å². The third-order valence-electron chi connectivity index (χ3n) is 2.40. The van der Waals surface area contributed by atoms with Gasteiger partial charge in [-0.2, -0.15) is 0 Å². The lowest BCUT2D eigenvalue weighted by Gasteiger charge is -2.13. The lowest BCUT2D eigenvalue weighted by atomic mass is 10.2. The maximum atomic E-state index is 13.2. The number of anilines is 1. The zero-order valence-corrected chi connectivity index (χ0v) is 12.8. The van der Waals surface area contributed by atoms with E-state index in [0.717, 1.165) is 0 Å². The van der Waals surface area contributed by atoms with E-state index in [1.807, 2.05) is 13.8 Å². The Balaban J connectivity index is 2.24. The molecule has 0 aromatic heterocycles. The lowest BCUT2D eigenvalue weighted by Crippen LogP contribution is -2.05. The zero-order chi connectivity index (χ0) is 14.7. The first-order valence-electron chi connectivity index (χ1n) is 6.14. The summed E-state index contributed by atoms with van der Waals surface area (Å²) >= 11 is 3.12. The summed E-state index contributed by atoms with van der Waals surface area (Å²) in [5.74, 6) is 1.35. The number of hydrogen-bond acceptors (Lipinski definition) is 3. The topological polar surface area (TPSA) is 44.5 Å². The van der Waals surface area contributed by atoms with E-state index in [9.17, 15) is 4.39 Å². The van der Waals surface area contributed by atoms with Crippen molar-refractivity contribution in [2.24, 2.45) is 0 Å². The molecule has 2 rings (SSSR count). The molecule has 0 radical (unpaired) electrons. The number of halogens is 2. The second kappa shape index (κ2) is 6.13. The summed E-state index contributed by atoms with van der Waals surface area (Å²) in [5.41, 5.74) is 6.35. The van der Waals surface area contributed by atoms with Crippen molar-refractivity contribution in [3.63, 3.8) is 0 Å². The molecule has 0 unspecified atom stereocenters. The highest BCUT2D eigenvalue weighted by atomic mass is 79.9. The van der Waals surface area contributed by atoms with Crippen LogP contribution in [0.15, 0.2) is 40.9 Å². The van der Waals surface area contributed by atoms with E-state index in [1.54, 1.807) is 30.3 Å². The van der Waals surface area contributed by atoms with E-state index in [-0.39, 0.29) is 11.9 Å². The first kappa shape index (κ1) is 14.7. The highest BCUT2D eigenvalue weighted by Gasteiger charge is 2.06. The molecule has 0 heterocycles. The summed E-state index contributed by atoms with van der Waals surface area (Å²) in [5, 5.41) is 0. The maximum absolute atomic E-state index is 13.2. The van der Waals surface area contributed by atoms with Crippen LogP contribution in [-0.2, 0) is 0 Å². The number of benzene rings is 2. The average molecular weight is 340 g/mol. The van der Waals surface area contributed by atoms with Crippen molar-refractivity contribution in [2.45, 2.75) is 20.0 Å². The molecular weight excluding hydrogens is 325 g/mol. The summed E-state index contributed by atoms with van der Waals surface area (Å²) in [6.45, 7) is 3.86. The van der Waals surface area contributed by atoms with Crippen LogP contribution in [-0.4, -0.2) is 6.10 Å². The Morgan fingerprint density at radius 3 is 2.40 bits per heavy atom. The number of rotatable bonds is 4. The average Bonchev–Trinajstić information content (AvgIpc) is 2.32. The Labute approximate surface area is 125 Å². The lowest BCUT2D eigenvalue weighted by molar-refractivity contribution is 0.242. The Morgan fingerprint density at radius 2 is 1.75 bits per heavy atom. The molecule has 0 aliphatic carbocycles. The van der Waals surface area contributed by atoms with Gasteiger partial charge in [-0.25, -0.2) is 4.39 Å². The molecule has 2 aromatic rings. The van der Waals surface area contributed by atoms with E-state index in [4.69, 9.17) is 15.2 Å². The molecule has 0 saturated carbocycles. The van der Waals surface area contributed by atoms with Gasteiger partial charge in [-0.3, -0.25) is 0 Å². The summed E-state index contributed by atoms with van der Waals surface area (Å²) in [6.07, 6.45) is 0.0459. The molecular formula is C15H15BrFNO2. The van der Waals surface area contributed by atoms with Gasteiger partial charge in [0.2, 0.25) is 0 Å². The Morgan fingerprint density at radius 1 is 1.05 bits per heavy atom. The SMILES string of the molecule is CC(C)Oc1cc(N)cc(Oc2ccc(F)c(Br)c2)c1. The highest BCUT2D eigenvalue weighted by Crippen LogP contribution is 2.30. The van der Waals surface area contributed by atoms with Gasteiger partial charge in [0.1, 0.15) is 23.1 Å². The number of nitrogen functional groups attached to an aromatic ring is 1. The van der Waals surface area contributed by atoms with E-state index < -0.39 is 0 Å². The first-order chi connectivity index (χ1) is 9.44. The van der Waals surface area contributed by atoms with Gasteiger partial charge in [0.25, 0.3) is 0 Å². The van der Waals surface area contributed by atoms with Crippen molar-refractivity contribution in [2.75, 3.05) is 5.73 Å². The Kier molecular flexibility index (Phi) is 4.49. The fourth-order valence-electron chi connectivity index (χ4n) is 1.67. The Bertz CT molecular complexity index is 617. The molecule has 0 saturated heterocycles. The minimum Gasteiger partial charge on any atom is -0.491 e. The molecule has 0 amide bonds. The monoisotopic (exact) mass is 339 g/mol. The van der Waals surface area contributed by atoms with Crippen molar-refractivity contribution in [3.05, 3.63) is 46.7 Å². The molecule has 0 spiro atoms. The summed E-state index contributed by atoms with van der Waals surface area (Å²) in [7, 11) is 0. The molecule has 0 aliphatic heterocycles. The molecule has 106 valence electrons. The number of hydrogen-bond donors (Lipinski definition) is 1. The summed E-state index contributed by atoms with van der Waals surface area (Å²) < 4.78 is 24.8. The van der Waals surface area contributed by atoms with Gasteiger partial charge in [-0.1, -0.05) is 0 Å². The summed E-state index contributed by atoms with van der Waals surface area (Å²) in [6, 6.07) is 9.59. The van der Waals surface area contributed by atoms with Gasteiger partial charge in [0, 0.05) is 23.9 Å². The van der Waals surface area contributed by atoms with Gasteiger partial charge < -0.3 is 15.2 Å². The zero-order valence-electron chi connectivity index (χ0n) is 11.2. The van der Waals surface area contributed by atoms with Gasteiger partial charge in [-0.15, -0.1) is 0 Å². The van der Waals surface area contributed by atoms with E-state index in [1.165, 1.54) is 6.07 Å². The normalized spacial score (nSPS) is 10.7. The van der Waals surface area contributed by atoms with Crippen LogP contribution >= 0.6 is 15.9 Å². The third-order valence-corrected chi connectivity index (χ3v) is 3.01. The molecule has 20 heavy (non-hydrogen) atoms. The molecule has 2 N–H and O–H groups in total. The molecule has 2 aromatic carbocycles. The predicted octanol–water partition coefficient (Wildman–Crippen LogP) is 4.75. The largest absolute Gasteiger partial charge is 0.491 e. The quantitative estimate of drug-likeness (QED) is 0.817. The van der Waals surface area contributed by atoms with Crippen molar-refractivity contribution >= 4 is 21.6 Å². The fraction of sp³-hybridized carbons (Fsp3) is 0.200. The maximum Gasteiger partial charge on any atom is 0.137 e. The molecule has 0 fully saturated rings. The first-order valence-corrected chi connectivity index (χ1v) is 6.93. The molecule has 0 aliphatic rings. The fourth-order valence-corrected chi connectivity index (χ4v) is 2.03. The van der Waals surface area contributed by atoms with Crippen LogP contribution in [0.3, 0.4) is 0 Å². The van der Waals surface area contributed by atoms with Crippen molar-refractivity contribution in [1.29, 1.82) is 0 Å². The van der Waals surface area contributed by atoms with Crippen LogP contribution in [0.5, 0.6) is 17.2 Å². The van der Waals surface area contributed by atoms with Crippen LogP contribution in [0.2, 0.25) is 0 Å². The van der Waals surface area contributed by atoms with Crippen molar-refractivity contribution in [3.8, 4) is 17.2 Å². The van der Waals surface area contributed by atoms with Crippen molar-refractivity contribution < 1.29 is 13.9 Å². The molecule has 5 heteroatoms. The van der Waals surface area contributed by atoms with E-state index >= 15 is 0 Å². The molecule has 3 nitrogen and oxygen atoms in total. The van der Waals surface area contributed by atoms with Crippen LogP contribution in [0.25, 0.3) is 0 Å². The predicted molar refractivity (Wildman–Crippen MR) is 80.8 cm³/mol. The van der Waals surface area contributed by atoms with Crippen LogP contribution in [0, 0.1) is 5.82 Å². The van der Waals surface area contributed by atoms with Crippen molar-refractivity contribution in [1.82, 2.24) is 0 Å². The third kappa shape index (κ3) is 3.87. The minimum absolute atomic E-state index is 0.0459. The van der Waals surface area contributed by atoms with E-state index in [2.05, 4.69) is 15.9 Å².